The number of pyridine rings is 1. The smallest absolute Gasteiger partial charge is 0.296 e. The lowest BCUT2D eigenvalue weighted by atomic mass is 10.1. The first-order chi connectivity index (χ1) is 15.6. The van der Waals surface area contributed by atoms with Gasteiger partial charge in [0.05, 0.1) is 5.52 Å². The summed E-state index contributed by atoms with van der Waals surface area (Å²) in [4.78, 5) is 4.66. The minimum atomic E-state index is -3.95. The van der Waals surface area contributed by atoms with Crippen molar-refractivity contribution in [2.75, 3.05) is 0 Å². The molecular formula is C27H16Cl2FNSi. The summed E-state index contributed by atoms with van der Waals surface area (Å²) in [5.74, 6) is 0. The van der Waals surface area contributed by atoms with E-state index in [2.05, 4.69) is 4.98 Å². The molecule has 0 unspecified atom stereocenters. The molecule has 6 rings (SSSR count). The molecule has 2 heterocycles. The molecule has 4 aromatic carbocycles. The van der Waals surface area contributed by atoms with Crippen molar-refractivity contribution < 1.29 is 4.11 Å². The van der Waals surface area contributed by atoms with Gasteiger partial charge in [-0.25, -0.2) is 0 Å². The predicted octanol–water partition coefficient (Wildman–Crippen LogP) is 6.12. The zero-order valence-corrected chi connectivity index (χ0v) is 19.3. The van der Waals surface area contributed by atoms with Crippen LogP contribution >= 0.6 is 23.2 Å². The Morgan fingerprint density at radius 2 is 1.28 bits per heavy atom. The van der Waals surface area contributed by atoms with E-state index in [1.54, 1.807) is 18.3 Å². The van der Waals surface area contributed by atoms with Crippen LogP contribution in [0.15, 0.2) is 85.1 Å². The first kappa shape index (κ1) is 19.7. The fraction of sp³-hybridized carbons (Fsp3) is 0. The van der Waals surface area contributed by atoms with Gasteiger partial charge < -0.3 is 0 Å². The van der Waals surface area contributed by atoms with Gasteiger partial charge >= 0.3 is 8.41 Å². The summed E-state index contributed by atoms with van der Waals surface area (Å²) >= 11 is 12.6. The molecule has 5 heteroatoms. The Balaban J connectivity index is 1.81. The Kier molecular flexibility index (Phi) is 4.48. The third-order valence-electron chi connectivity index (χ3n) is 6.20. The van der Waals surface area contributed by atoms with Gasteiger partial charge in [0, 0.05) is 27.0 Å². The molecule has 0 aliphatic carbocycles. The average molecular weight is 472 g/mol. The monoisotopic (exact) mass is 471 g/mol. The van der Waals surface area contributed by atoms with Gasteiger partial charge in [0.2, 0.25) is 0 Å². The van der Waals surface area contributed by atoms with Gasteiger partial charge in [-0.2, -0.15) is 0 Å². The maximum Gasteiger partial charge on any atom is 0.341 e. The van der Waals surface area contributed by atoms with E-state index in [0.29, 0.717) is 25.6 Å². The Hall–Kier alpha value is -2.98. The Morgan fingerprint density at radius 1 is 0.656 bits per heavy atom. The summed E-state index contributed by atoms with van der Waals surface area (Å²) < 4.78 is 18.1. The number of rotatable bonds is 1. The molecule has 154 valence electrons. The SMILES string of the molecule is F[Si]1(c2cccc3ccc4cccnc4c23)c2ccc(Cl)cc2C=Cc2cc(Cl)ccc21. The summed E-state index contributed by atoms with van der Waals surface area (Å²) in [7, 11) is -3.95. The van der Waals surface area contributed by atoms with Crippen molar-refractivity contribution in [1.29, 1.82) is 0 Å². The summed E-state index contributed by atoms with van der Waals surface area (Å²) in [5.41, 5.74) is 2.40. The van der Waals surface area contributed by atoms with E-state index in [1.165, 1.54) is 0 Å². The van der Waals surface area contributed by atoms with Crippen LogP contribution in [0.25, 0.3) is 33.8 Å². The van der Waals surface area contributed by atoms with Crippen molar-refractivity contribution >= 4 is 81.0 Å². The molecule has 0 saturated carbocycles. The minimum Gasteiger partial charge on any atom is -0.296 e. The maximum atomic E-state index is 18.1. The van der Waals surface area contributed by atoms with Crippen LogP contribution in [0.4, 0.5) is 4.11 Å². The largest absolute Gasteiger partial charge is 0.341 e. The molecular weight excluding hydrogens is 456 g/mol. The number of benzene rings is 4. The molecule has 1 aromatic heterocycles. The van der Waals surface area contributed by atoms with Gasteiger partial charge in [-0.1, -0.05) is 83.9 Å². The Bertz CT molecular complexity index is 1520. The molecule has 1 aliphatic rings. The maximum absolute atomic E-state index is 18.1. The molecule has 0 fully saturated rings. The fourth-order valence-electron chi connectivity index (χ4n) is 4.79. The van der Waals surface area contributed by atoms with E-state index in [4.69, 9.17) is 23.2 Å². The predicted molar refractivity (Wildman–Crippen MR) is 137 cm³/mol. The second kappa shape index (κ2) is 7.28. The van der Waals surface area contributed by atoms with Crippen LogP contribution in [-0.4, -0.2) is 13.4 Å². The van der Waals surface area contributed by atoms with E-state index in [-0.39, 0.29) is 0 Å². The van der Waals surface area contributed by atoms with Crippen LogP contribution < -0.4 is 15.6 Å². The van der Waals surface area contributed by atoms with Crippen molar-refractivity contribution in [3.05, 3.63) is 106 Å². The van der Waals surface area contributed by atoms with E-state index in [9.17, 15) is 0 Å². The topological polar surface area (TPSA) is 12.9 Å². The van der Waals surface area contributed by atoms with Crippen LogP contribution in [0.1, 0.15) is 11.1 Å². The normalized spacial score (nSPS) is 14.2. The zero-order chi connectivity index (χ0) is 21.9. The van der Waals surface area contributed by atoms with Gasteiger partial charge in [-0.05, 0) is 62.4 Å². The quantitative estimate of drug-likeness (QED) is 0.163. The highest BCUT2D eigenvalue weighted by Crippen LogP contribution is 2.28. The van der Waals surface area contributed by atoms with Crippen LogP contribution in [0.3, 0.4) is 0 Å². The summed E-state index contributed by atoms with van der Waals surface area (Å²) in [6.07, 6.45) is 5.64. The highest BCUT2D eigenvalue weighted by Gasteiger charge is 2.46. The lowest BCUT2D eigenvalue weighted by molar-refractivity contribution is 0.842. The van der Waals surface area contributed by atoms with Gasteiger partial charge in [-0.15, -0.1) is 0 Å². The molecule has 0 amide bonds. The molecule has 0 atom stereocenters. The van der Waals surface area contributed by atoms with E-state index in [0.717, 1.165) is 32.8 Å². The van der Waals surface area contributed by atoms with Crippen LogP contribution in [-0.2, 0) is 0 Å². The highest BCUT2D eigenvalue weighted by atomic mass is 35.5. The van der Waals surface area contributed by atoms with Crippen molar-refractivity contribution in [1.82, 2.24) is 4.98 Å². The molecule has 1 nitrogen and oxygen atoms in total. The second-order valence-corrected chi connectivity index (χ2v) is 11.8. The summed E-state index contributed by atoms with van der Waals surface area (Å²) in [6, 6.07) is 24.8. The summed E-state index contributed by atoms with van der Waals surface area (Å²) in [6.45, 7) is 0. The molecule has 5 aromatic rings. The first-order valence-electron chi connectivity index (χ1n) is 10.3. The second-order valence-electron chi connectivity index (χ2n) is 8.00. The van der Waals surface area contributed by atoms with Crippen LogP contribution in [0, 0.1) is 0 Å². The van der Waals surface area contributed by atoms with E-state index < -0.39 is 8.41 Å². The van der Waals surface area contributed by atoms with Gasteiger partial charge in [0.1, 0.15) is 0 Å². The molecule has 1 aliphatic heterocycles. The molecule has 32 heavy (non-hydrogen) atoms. The Morgan fingerprint density at radius 3 is 1.97 bits per heavy atom. The number of halogens is 3. The van der Waals surface area contributed by atoms with Gasteiger partial charge in [0.25, 0.3) is 0 Å². The number of aromatic nitrogens is 1. The molecule has 0 N–H and O–H groups in total. The molecule has 0 radical (unpaired) electrons. The third kappa shape index (κ3) is 2.86. The average Bonchev–Trinajstić information content (AvgIpc) is 2.93. The lowest BCUT2D eigenvalue weighted by Crippen LogP contribution is -2.65. The lowest BCUT2D eigenvalue weighted by Gasteiger charge is -2.27. The van der Waals surface area contributed by atoms with E-state index >= 15 is 4.11 Å². The molecule has 0 spiro atoms. The van der Waals surface area contributed by atoms with Crippen molar-refractivity contribution in [2.24, 2.45) is 0 Å². The van der Waals surface area contributed by atoms with Gasteiger partial charge in [-0.3, -0.25) is 9.09 Å². The standard InChI is InChI=1S/C27H16Cl2FNSi/c28-21-10-12-23-19(15-21)8-9-20-16-22(29)11-13-24(20)32(23,30)25-5-1-3-17-6-7-18-4-2-14-31-27(18)26(17)25/h1-16H. The zero-order valence-electron chi connectivity index (χ0n) is 16.8. The van der Waals surface area contributed by atoms with Crippen LogP contribution in [0.5, 0.6) is 0 Å². The number of fused-ring (bicyclic) bond motifs is 5. The van der Waals surface area contributed by atoms with Gasteiger partial charge in [0.15, 0.2) is 0 Å². The Labute approximate surface area is 195 Å². The minimum absolute atomic E-state index is 0.582. The summed E-state index contributed by atoms with van der Waals surface area (Å²) in [5, 5.41) is 6.04. The van der Waals surface area contributed by atoms with Crippen LogP contribution in [0.2, 0.25) is 10.0 Å². The third-order valence-corrected chi connectivity index (χ3v) is 10.2. The molecule has 0 saturated heterocycles. The number of hydrogen-bond donors (Lipinski definition) is 0. The molecule has 0 bridgehead atoms. The van der Waals surface area contributed by atoms with E-state index in [1.807, 2.05) is 78.9 Å². The number of hydrogen-bond acceptors (Lipinski definition) is 1. The first-order valence-corrected chi connectivity index (χ1v) is 12.9. The fourth-order valence-corrected chi connectivity index (χ4v) is 8.68. The van der Waals surface area contributed by atoms with Crippen molar-refractivity contribution in [3.63, 3.8) is 0 Å². The highest BCUT2D eigenvalue weighted by molar-refractivity contribution is 7.08. The van der Waals surface area contributed by atoms with Crippen molar-refractivity contribution in [3.8, 4) is 0 Å². The number of nitrogens with zero attached hydrogens (tertiary/aromatic N) is 1. The van der Waals surface area contributed by atoms with Crippen molar-refractivity contribution in [2.45, 2.75) is 0 Å².